The van der Waals surface area contributed by atoms with Crippen LogP contribution in [0.1, 0.15) is 22.8 Å². The van der Waals surface area contributed by atoms with Crippen molar-refractivity contribution in [1.82, 2.24) is 4.31 Å². The lowest BCUT2D eigenvalue weighted by Crippen LogP contribution is -2.36. The summed E-state index contributed by atoms with van der Waals surface area (Å²) in [6, 6.07) is 10.8. The molecule has 7 nitrogen and oxygen atoms in total. The largest absolute Gasteiger partial charge is 0.462 e. The van der Waals surface area contributed by atoms with Gasteiger partial charge in [0.2, 0.25) is 15.9 Å². The van der Waals surface area contributed by atoms with Gasteiger partial charge in [-0.1, -0.05) is 29.3 Å². The Kier molecular flexibility index (Phi) is 8.04. The number of sulfonamides is 1. The van der Waals surface area contributed by atoms with Gasteiger partial charge in [-0.2, -0.15) is 4.31 Å². The maximum absolute atomic E-state index is 12.3. The van der Waals surface area contributed by atoms with E-state index in [1.807, 2.05) is 0 Å². The lowest BCUT2D eigenvalue weighted by molar-refractivity contribution is -0.116. The summed E-state index contributed by atoms with van der Waals surface area (Å²) in [7, 11) is -3.66. The molecule has 10 heteroatoms. The van der Waals surface area contributed by atoms with Crippen LogP contribution in [0, 0.1) is 0 Å². The van der Waals surface area contributed by atoms with Crippen molar-refractivity contribution < 1.29 is 22.7 Å². The van der Waals surface area contributed by atoms with E-state index in [4.69, 9.17) is 27.9 Å². The third-order valence-corrected chi connectivity index (χ3v) is 5.75. The second-order valence-electron chi connectivity index (χ2n) is 6.13. The van der Waals surface area contributed by atoms with Crippen LogP contribution in [0.3, 0.4) is 0 Å². The predicted molar refractivity (Wildman–Crippen MR) is 113 cm³/mol. The molecule has 0 aromatic heterocycles. The van der Waals surface area contributed by atoms with E-state index in [0.717, 1.165) is 10.6 Å². The number of nitrogens with zero attached hydrogens (tertiary/aromatic N) is 1. The van der Waals surface area contributed by atoms with Crippen molar-refractivity contribution in [2.75, 3.05) is 24.7 Å². The lowest BCUT2D eigenvalue weighted by Gasteiger charge is -2.20. The van der Waals surface area contributed by atoms with Crippen LogP contribution in [-0.2, 0) is 26.1 Å². The number of rotatable bonds is 8. The highest BCUT2D eigenvalue weighted by Gasteiger charge is 2.21. The molecule has 1 N–H and O–H groups in total. The number of carbonyl (C=O) groups excluding carboxylic acids is 2. The third kappa shape index (κ3) is 7.01. The Morgan fingerprint density at radius 3 is 2.28 bits per heavy atom. The van der Waals surface area contributed by atoms with E-state index in [-0.39, 0.29) is 13.2 Å². The van der Waals surface area contributed by atoms with E-state index in [1.165, 1.54) is 24.3 Å². The maximum atomic E-state index is 12.3. The fourth-order valence-electron chi connectivity index (χ4n) is 2.40. The molecule has 0 spiro atoms. The molecule has 0 radical (unpaired) electrons. The highest BCUT2D eigenvalue weighted by Crippen LogP contribution is 2.23. The van der Waals surface area contributed by atoms with Gasteiger partial charge in [-0.05, 0) is 48.9 Å². The van der Waals surface area contributed by atoms with E-state index >= 15 is 0 Å². The van der Waals surface area contributed by atoms with Crippen LogP contribution < -0.4 is 5.32 Å². The fraction of sp³-hybridized carbons (Fsp3) is 0.263. The normalized spacial score (nSPS) is 11.3. The molecule has 0 atom stereocenters. The molecule has 0 heterocycles. The van der Waals surface area contributed by atoms with Crippen LogP contribution in [0.2, 0.25) is 10.0 Å². The van der Waals surface area contributed by atoms with E-state index in [0.29, 0.717) is 26.9 Å². The average molecular weight is 459 g/mol. The summed E-state index contributed by atoms with van der Waals surface area (Å²) in [5, 5.41) is 3.25. The minimum absolute atomic E-state index is 0.0368. The SMILES string of the molecule is CCOC(=O)c1ccc(NC(=O)CN(Cc2ccc(Cl)c(Cl)c2)S(C)(=O)=O)cc1. The van der Waals surface area contributed by atoms with Crippen molar-refractivity contribution in [3.8, 4) is 0 Å². The molecule has 0 unspecified atom stereocenters. The lowest BCUT2D eigenvalue weighted by atomic mass is 10.2. The molecule has 0 aliphatic heterocycles. The summed E-state index contributed by atoms with van der Waals surface area (Å²) >= 11 is 11.8. The molecular formula is C19H20Cl2N2O5S. The summed E-state index contributed by atoms with van der Waals surface area (Å²) in [4.78, 5) is 24.0. The van der Waals surface area contributed by atoms with Crippen LogP contribution in [0.15, 0.2) is 42.5 Å². The van der Waals surface area contributed by atoms with Crippen molar-refractivity contribution in [3.63, 3.8) is 0 Å². The maximum Gasteiger partial charge on any atom is 0.338 e. The number of ether oxygens (including phenoxy) is 1. The Labute approximate surface area is 179 Å². The number of amides is 1. The Hall–Kier alpha value is -2.13. The van der Waals surface area contributed by atoms with Crippen LogP contribution in [0.4, 0.5) is 5.69 Å². The number of benzene rings is 2. The number of halogens is 2. The molecule has 0 fully saturated rings. The highest BCUT2D eigenvalue weighted by molar-refractivity contribution is 7.88. The van der Waals surface area contributed by atoms with Crippen molar-refractivity contribution in [3.05, 3.63) is 63.6 Å². The van der Waals surface area contributed by atoms with Gasteiger partial charge < -0.3 is 10.1 Å². The standard InChI is InChI=1S/C19H20Cl2N2O5S/c1-3-28-19(25)14-5-7-15(8-6-14)22-18(24)12-23(29(2,26)27)11-13-4-9-16(20)17(21)10-13/h4-10H,3,11-12H2,1-2H3,(H,22,24). The number of nitrogens with one attached hydrogen (secondary N) is 1. The van der Waals surface area contributed by atoms with Crippen molar-refractivity contribution in [2.24, 2.45) is 0 Å². The third-order valence-electron chi connectivity index (χ3n) is 3.81. The minimum Gasteiger partial charge on any atom is -0.462 e. The highest BCUT2D eigenvalue weighted by atomic mass is 35.5. The minimum atomic E-state index is -3.66. The Balaban J connectivity index is 2.06. The molecule has 0 bridgehead atoms. The monoisotopic (exact) mass is 458 g/mol. The first kappa shape index (κ1) is 23.2. The molecule has 0 aliphatic rings. The molecular weight excluding hydrogens is 439 g/mol. The molecule has 2 rings (SSSR count). The van der Waals surface area contributed by atoms with Gasteiger partial charge in [-0.15, -0.1) is 0 Å². The van der Waals surface area contributed by atoms with E-state index < -0.39 is 28.4 Å². The van der Waals surface area contributed by atoms with Crippen LogP contribution in [-0.4, -0.2) is 44.0 Å². The number of esters is 1. The number of hydrogen-bond donors (Lipinski definition) is 1. The summed E-state index contributed by atoms with van der Waals surface area (Å²) < 4.78 is 30.1. The van der Waals surface area contributed by atoms with E-state index in [2.05, 4.69) is 5.32 Å². The molecule has 156 valence electrons. The number of carbonyl (C=O) groups is 2. The molecule has 2 aromatic rings. The molecule has 0 saturated heterocycles. The molecule has 0 aliphatic carbocycles. The van der Waals surface area contributed by atoms with Gasteiger partial charge in [-0.25, -0.2) is 13.2 Å². The quantitative estimate of drug-likeness (QED) is 0.610. The van der Waals surface area contributed by atoms with Crippen LogP contribution in [0.25, 0.3) is 0 Å². The predicted octanol–water partition coefficient (Wildman–Crippen LogP) is 3.57. The Bertz CT molecular complexity index is 994. The van der Waals surface area contributed by atoms with Crippen molar-refractivity contribution in [2.45, 2.75) is 13.5 Å². The smallest absolute Gasteiger partial charge is 0.338 e. The second kappa shape index (κ2) is 10.1. The zero-order valence-electron chi connectivity index (χ0n) is 15.8. The Morgan fingerprint density at radius 2 is 1.72 bits per heavy atom. The van der Waals surface area contributed by atoms with Gasteiger partial charge in [0.25, 0.3) is 0 Å². The topological polar surface area (TPSA) is 92.8 Å². The first-order valence-electron chi connectivity index (χ1n) is 8.56. The summed E-state index contributed by atoms with van der Waals surface area (Å²) in [5.74, 6) is -0.991. The average Bonchev–Trinajstić information content (AvgIpc) is 2.64. The molecule has 0 saturated carbocycles. The fourth-order valence-corrected chi connectivity index (χ4v) is 3.45. The van der Waals surface area contributed by atoms with Crippen molar-refractivity contribution in [1.29, 1.82) is 0 Å². The number of hydrogen-bond acceptors (Lipinski definition) is 5. The van der Waals surface area contributed by atoms with E-state index in [9.17, 15) is 18.0 Å². The first-order valence-corrected chi connectivity index (χ1v) is 11.2. The van der Waals surface area contributed by atoms with Crippen LogP contribution >= 0.6 is 23.2 Å². The van der Waals surface area contributed by atoms with Gasteiger partial charge in [-0.3, -0.25) is 4.79 Å². The summed E-state index contributed by atoms with van der Waals surface area (Å²) in [5.41, 5.74) is 1.37. The summed E-state index contributed by atoms with van der Waals surface area (Å²) in [6.45, 7) is 1.54. The van der Waals surface area contributed by atoms with Gasteiger partial charge in [0.1, 0.15) is 0 Å². The van der Waals surface area contributed by atoms with Gasteiger partial charge in [0.15, 0.2) is 0 Å². The van der Waals surface area contributed by atoms with E-state index in [1.54, 1.807) is 25.1 Å². The van der Waals surface area contributed by atoms with Crippen molar-refractivity contribution >= 4 is 50.8 Å². The zero-order valence-corrected chi connectivity index (χ0v) is 18.1. The van der Waals surface area contributed by atoms with Gasteiger partial charge in [0, 0.05) is 12.2 Å². The second-order valence-corrected chi connectivity index (χ2v) is 8.92. The molecule has 2 aromatic carbocycles. The van der Waals surface area contributed by atoms with Crippen LogP contribution in [0.5, 0.6) is 0 Å². The number of anilines is 1. The van der Waals surface area contributed by atoms with Gasteiger partial charge in [0.05, 0.1) is 35.0 Å². The molecule has 1 amide bonds. The molecule has 29 heavy (non-hydrogen) atoms. The zero-order chi connectivity index (χ0) is 21.6. The first-order chi connectivity index (χ1) is 13.6. The Morgan fingerprint density at radius 1 is 1.07 bits per heavy atom. The van der Waals surface area contributed by atoms with Gasteiger partial charge >= 0.3 is 5.97 Å². The summed E-state index contributed by atoms with van der Waals surface area (Å²) in [6.07, 6.45) is 1.02.